The molecule has 0 aliphatic rings. The van der Waals surface area contributed by atoms with Crippen LogP contribution in [0.15, 0.2) is 18.2 Å². The maximum Gasteiger partial charge on any atom is 0.115 e. The van der Waals surface area contributed by atoms with Crippen molar-refractivity contribution in [1.29, 1.82) is 0 Å². The molecule has 0 spiro atoms. The summed E-state index contributed by atoms with van der Waals surface area (Å²) in [6, 6.07) is 5.77. The van der Waals surface area contributed by atoms with Crippen molar-refractivity contribution < 1.29 is 0 Å². The van der Waals surface area contributed by atoms with Crippen LogP contribution in [0.25, 0.3) is 0 Å². The number of aromatic nitrogens is 1. The molecule has 0 amide bonds. The summed E-state index contributed by atoms with van der Waals surface area (Å²) in [5.74, 6) is 0. The Morgan fingerprint density at radius 2 is 2.05 bits per heavy atom. The lowest BCUT2D eigenvalue weighted by atomic mass is 10.1. The number of benzene rings is 1. The lowest BCUT2D eigenvalue weighted by molar-refractivity contribution is 0.595. The zero-order chi connectivity index (χ0) is 15.4. The number of nitrogens with one attached hydrogen (secondary N) is 1. The number of rotatable bonds is 6. The van der Waals surface area contributed by atoms with E-state index in [9.17, 15) is 0 Å². The van der Waals surface area contributed by atoms with E-state index >= 15 is 0 Å². The van der Waals surface area contributed by atoms with E-state index in [2.05, 4.69) is 26.1 Å². The summed E-state index contributed by atoms with van der Waals surface area (Å²) in [5, 5.41) is 5.79. The predicted octanol–water partition coefficient (Wildman–Crippen LogP) is 5.41. The number of aryl methyl sites for hydroxylation is 2. The Morgan fingerprint density at radius 3 is 2.67 bits per heavy atom. The van der Waals surface area contributed by atoms with Crippen molar-refractivity contribution in [3.05, 3.63) is 49.4 Å². The molecule has 2 nitrogen and oxygen atoms in total. The molecule has 0 radical (unpaired) electrons. The van der Waals surface area contributed by atoms with Crippen molar-refractivity contribution in [2.45, 2.75) is 39.7 Å². The molecule has 0 bridgehead atoms. The van der Waals surface area contributed by atoms with Crippen molar-refractivity contribution >= 4 is 34.5 Å². The van der Waals surface area contributed by atoms with Gasteiger partial charge in [-0.25, -0.2) is 4.98 Å². The monoisotopic (exact) mass is 342 g/mol. The van der Waals surface area contributed by atoms with Gasteiger partial charge in [0.15, 0.2) is 0 Å². The maximum atomic E-state index is 6.40. The van der Waals surface area contributed by atoms with Crippen LogP contribution in [0.5, 0.6) is 0 Å². The first-order valence-corrected chi connectivity index (χ1v) is 8.79. The molecule has 21 heavy (non-hydrogen) atoms. The Bertz CT molecular complexity index is 610. The zero-order valence-corrected chi connectivity index (χ0v) is 14.9. The van der Waals surface area contributed by atoms with Crippen molar-refractivity contribution in [3.63, 3.8) is 0 Å². The van der Waals surface area contributed by atoms with Gasteiger partial charge in [-0.05, 0) is 37.9 Å². The number of hydrogen-bond donors (Lipinski definition) is 1. The highest BCUT2D eigenvalue weighted by molar-refractivity contribution is 7.11. The Kier molecular flexibility index (Phi) is 6.06. The van der Waals surface area contributed by atoms with E-state index in [1.54, 1.807) is 11.3 Å². The first-order chi connectivity index (χ1) is 10.1. The maximum absolute atomic E-state index is 6.40. The van der Waals surface area contributed by atoms with Gasteiger partial charge in [0.2, 0.25) is 0 Å². The highest BCUT2D eigenvalue weighted by atomic mass is 35.5. The Hall–Kier alpha value is -0.610. The molecule has 1 N–H and O–H groups in total. The third-order valence-corrected chi connectivity index (χ3v) is 5.29. The second-order valence-electron chi connectivity index (χ2n) is 4.94. The van der Waals surface area contributed by atoms with Gasteiger partial charge in [0.1, 0.15) is 5.01 Å². The van der Waals surface area contributed by atoms with Crippen LogP contribution in [0.2, 0.25) is 10.0 Å². The molecule has 0 saturated heterocycles. The van der Waals surface area contributed by atoms with Gasteiger partial charge in [-0.2, -0.15) is 0 Å². The van der Waals surface area contributed by atoms with E-state index < -0.39 is 0 Å². The van der Waals surface area contributed by atoms with E-state index in [0.717, 1.165) is 35.7 Å². The summed E-state index contributed by atoms with van der Waals surface area (Å²) in [7, 11) is 0. The molecular weight excluding hydrogens is 323 g/mol. The van der Waals surface area contributed by atoms with Crippen LogP contribution in [0.3, 0.4) is 0 Å². The quantitative estimate of drug-likeness (QED) is 0.759. The molecular formula is C16H20Cl2N2S. The van der Waals surface area contributed by atoms with Gasteiger partial charge < -0.3 is 5.32 Å². The summed E-state index contributed by atoms with van der Waals surface area (Å²) in [5.41, 5.74) is 2.16. The minimum absolute atomic E-state index is 0.000139. The minimum Gasteiger partial charge on any atom is -0.304 e. The third kappa shape index (κ3) is 3.78. The molecule has 1 heterocycles. The highest BCUT2D eigenvalue weighted by Crippen LogP contribution is 2.35. The molecule has 2 aromatic rings. The second-order valence-corrected chi connectivity index (χ2v) is 6.96. The summed E-state index contributed by atoms with van der Waals surface area (Å²) in [6.45, 7) is 7.31. The zero-order valence-electron chi connectivity index (χ0n) is 12.5. The molecule has 0 aliphatic carbocycles. The van der Waals surface area contributed by atoms with E-state index in [4.69, 9.17) is 28.2 Å². The van der Waals surface area contributed by atoms with Gasteiger partial charge in [0.05, 0.1) is 21.8 Å². The average molecular weight is 343 g/mol. The lowest BCUT2D eigenvalue weighted by Crippen LogP contribution is -2.23. The molecule has 114 valence electrons. The van der Waals surface area contributed by atoms with E-state index in [1.165, 1.54) is 4.88 Å². The standard InChI is InChI=1S/C16H20Cl2N2S/c1-4-9-19-15(11-7-6-8-12(17)14(11)18)16-20-13(5-2)10(3)21-16/h6-8,15,19H,4-5,9H2,1-3H3. The van der Waals surface area contributed by atoms with Gasteiger partial charge in [-0.15, -0.1) is 11.3 Å². The highest BCUT2D eigenvalue weighted by Gasteiger charge is 2.21. The summed E-state index contributed by atoms with van der Waals surface area (Å²) in [4.78, 5) is 6.06. The molecule has 1 atom stereocenters. The van der Waals surface area contributed by atoms with Crippen LogP contribution >= 0.6 is 34.5 Å². The number of thiazole rings is 1. The van der Waals surface area contributed by atoms with Crippen LogP contribution < -0.4 is 5.32 Å². The van der Waals surface area contributed by atoms with Crippen molar-refractivity contribution in [1.82, 2.24) is 10.3 Å². The van der Waals surface area contributed by atoms with Crippen molar-refractivity contribution in [2.75, 3.05) is 6.54 Å². The predicted molar refractivity (Wildman–Crippen MR) is 92.8 cm³/mol. The largest absolute Gasteiger partial charge is 0.304 e. The van der Waals surface area contributed by atoms with Gasteiger partial charge in [0.25, 0.3) is 0 Å². The van der Waals surface area contributed by atoms with Crippen LogP contribution in [0.1, 0.15) is 47.5 Å². The third-order valence-electron chi connectivity index (χ3n) is 3.38. The fourth-order valence-electron chi connectivity index (χ4n) is 2.26. The molecule has 0 saturated carbocycles. The summed E-state index contributed by atoms with van der Waals surface area (Å²) >= 11 is 14.3. The lowest BCUT2D eigenvalue weighted by Gasteiger charge is -2.18. The second kappa shape index (κ2) is 7.59. The fourth-order valence-corrected chi connectivity index (χ4v) is 3.79. The first kappa shape index (κ1) is 16.8. The van der Waals surface area contributed by atoms with Crippen LogP contribution in [0, 0.1) is 6.92 Å². The van der Waals surface area contributed by atoms with Gasteiger partial charge in [-0.3, -0.25) is 0 Å². The normalized spacial score (nSPS) is 12.6. The van der Waals surface area contributed by atoms with Gasteiger partial charge >= 0.3 is 0 Å². The average Bonchev–Trinajstić information content (AvgIpc) is 2.84. The number of nitrogens with zero attached hydrogens (tertiary/aromatic N) is 1. The van der Waals surface area contributed by atoms with Gasteiger partial charge in [0, 0.05) is 4.88 Å². The van der Waals surface area contributed by atoms with E-state index in [1.807, 2.05) is 18.2 Å². The molecule has 0 aliphatic heterocycles. The number of halogens is 2. The fraction of sp³-hybridized carbons (Fsp3) is 0.438. The van der Waals surface area contributed by atoms with Crippen molar-refractivity contribution in [3.8, 4) is 0 Å². The number of hydrogen-bond acceptors (Lipinski definition) is 3. The molecule has 1 aromatic heterocycles. The van der Waals surface area contributed by atoms with E-state index in [-0.39, 0.29) is 6.04 Å². The molecule has 1 aromatic carbocycles. The Labute approximate surface area is 140 Å². The molecule has 1 unspecified atom stereocenters. The van der Waals surface area contributed by atoms with Crippen molar-refractivity contribution in [2.24, 2.45) is 0 Å². The molecule has 5 heteroatoms. The van der Waals surface area contributed by atoms with Gasteiger partial charge in [-0.1, -0.05) is 49.2 Å². The van der Waals surface area contributed by atoms with Crippen LogP contribution in [0.4, 0.5) is 0 Å². The smallest absolute Gasteiger partial charge is 0.115 e. The molecule has 2 rings (SSSR count). The summed E-state index contributed by atoms with van der Waals surface area (Å²) < 4.78 is 0. The summed E-state index contributed by atoms with van der Waals surface area (Å²) in [6.07, 6.45) is 2.01. The van der Waals surface area contributed by atoms with Crippen LogP contribution in [-0.4, -0.2) is 11.5 Å². The van der Waals surface area contributed by atoms with E-state index in [0.29, 0.717) is 10.0 Å². The minimum atomic E-state index is 0.000139. The SMILES string of the molecule is CCCNC(c1nc(CC)c(C)s1)c1cccc(Cl)c1Cl. The Balaban J connectivity index is 2.44. The molecule has 0 fully saturated rings. The topological polar surface area (TPSA) is 24.9 Å². The van der Waals surface area contributed by atoms with Crippen LogP contribution in [-0.2, 0) is 6.42 Å². The first-order valence-electron chi connectivity index (χ1n) is 7.21. The Morgan fingerprint density at radius 1 is 1.29 bits per heavy atom.